The molecule has 0 saturated heterocycles. The van der Waals surface area contributed by atoms with Crippen molar-refractivity contribution in [3.05, 3.63) is 60.3 Å². The number of hydrogen-bond donors (Lipinski definition) is 1. The lowest BCUT2D eigenvalue weighted by molar-refractivity contribution is 0.118. The van der Waals surface area contributed by atoms with Crippen LogP contribution in [0.2, 0.25) is 0 Å². The van der Waals surface area contributed by atoms with Crippen molar-refractivity contribution in [3.8, 4) is 5.75 Å². The van der Waals surface area contributed by atoms with Crippen LogP contribution in [-0.4, -0.2) is 22.0 Å². The van der Waals surface area contributed by atoms with Gasteiger partial charge in [-0.15, -0.1) is 0 Å². The monoisotopic (exact) mass is 282 g/mol. The minimum Gasteiger partial charge on any atom is -0.497 e. The molecule has 2 unspecified atom stereocenters. The van der Waals surface area contributed by atoms with Crippen LogP contribution >= 0.6 is 0 Å². The zero-order valence-corrected chi connectivity index (χ0v) is 12.1. The maximum absolute atomic E-state index is 10.6. The highest BCUT2D eigenvalue weighted by atomic mass is 16.5. The summed E-state index contributed by atoms with van der Waals surface area (Å²) in [6, 6.07) is 15.3. The molecule has 3 aromatic rings. The molecule has 4 heteroatoms. The number of methoxy groups -OCH3 is 1. The molecule has 0 aliphatic heterocycles. The summed E-state index contributed by atoms with van der Waals surface area (Å²) in [6.45, 7) is 1.97. The van der Waals surface area contributed by atoms with Crippen molar-refractivity contribution >= 4 is 10.9 Å². The maximum atomic E-state index is 10.6. The summed E-state index contributed by atoms with van der Waals surface area (Å²) in [5.41, 5.74) is 1.88. The van der Waals surface area contributed by atoms with Crippen molar-refractivity contribution in [1.82, 2.24) is 9.78 Å². The predicted molar refractivity (Wildman–Crippen MR) is 82.4 cm³/mol. The first-order chi connectivity index (χ1) is 10.2. The van der Waals surface area contributed by atoms with Gasteiger partial charge in [-0.25, -0.2) is 0 Å². The fourth-order valence-electron chi connectivity index (χ4n) is 2.53. The lowest BCUT2D eigenvalue weighted by atomic mass is 10.0. The molecule has 1 heterocycles. The van der Waals surface area contributed by atoms with E-state index in [4.69, 9.17) is 4.74 Å². The van der Waals surface area contributed by atoms with Crippen LogP contribution in [0.3, 0.4) is 0 Å². The van der Waals surface area contributed by atoms with E-state index in [-0.39, 0.29) is 6.04 Å². The maximum Gasteiger partial charge on any atom is 0.118 e. The van der Waals surface area contributed by atoms with Crippen molar-refractivity contribution in [2.75, 3.05) is 7.11 Å². The van der Waals surface area contributed by atoms with E-state index in [1.165, 1.54) is 0 Å². The highest BCUT2D eigenvalue weighted by Gasteiger charge is 2.20. The molecule has 0 spiro atoms. The van der Waals surface area contributed by atoms with Crippen LogP contribution in [0.1, 0.15) is 24.6 Å². The Balaban J connectivity index is 1.91. The number of benzene rings is 2. The smallest absolute Gasteiger partial charge is 0.118 e. The number of aromatic nitrogens is 2. The Bertz CT molecular complexity index is 734. The second kappa shape index (κ2) is 5.58. The van der Waals surface area contributed by atoms with E-state index in [2.05, 4.69) is 5.10 Å². The Morgan fingerprint density at radius 2 is 1.81 bits per heavy atom. The van der Waals surface area contributed by atoms with Gasteiger partial charge < -0.3 is 9.84 Å². The number of nitrogens with zero attached hydrogens (tertiary/aromatic N) is 2. The molecule has 0 aliphatic carbocycles. The van der Waals surface area contributed by atoms with Gasteiger partial charge in [0, 0.05) is 5.39 Å². The van der Waals surface area contributed by atoms with Gasteiger partial charge in [-0.3, -0.25) is 4.68 Å². The molecule has 108 valence electrons. The van der Waals surface area contributed by atoms with Crippen molar-refractivity contribution in [2.24, 2.45) is 0 Å². The number of para-hydroxylation sites is 1. The summed E-state index contributed by atoms with van der Waals surface area (Å²) in [4.78, 5) is 0. The van der Waals surface area contributed by atoms with Crippen molar-refractivity contribution in [3.63, 3.8) is 0 Å². The molecular formula is C17H18N2O2. The summed E-state index contributed by atoms with van der Waals surface area (Å²) in [5, 5.41) is 16.1. The first-order valence-electron chi connectivity index (χ1n) is 6.95. The molecular weight excluding hydrogens is 264 g/mol. The number of ether oxygens (including phenoxy) is 1. The first kappa shape index (κ1) is 13.6. The van der Waals surface area contributed by atoms with Crippen LogP contribution < -0.4 is 4.74 Å². The average molecular weight is 282 g/mol. The van der Waals surface area contributed by atoms with Gasteiger partial charge in [-0.2, -0.15) is 5.10 Å². The molecule has 0 saturated carbocycles. The van der Waals surface area contributed by atoms with Crippen molar-refractivity contribution in [2.45, 2.75) is 19.1 Å². The second-order valence-electron chi connectivity index (χ2n) is 5.11. The number of aliphatic hydroxyl groups is 1. The Morgan fingerprint density at radius 3 is 2.52 bits per heavy atom. The van der Waals surface area contributed by atoms with E-state index in [9.17, 15) is 5.11 Å². The lowest BCUT2D eigenvalue weighted by Crippen LogP contribution is -2.15. The van der Waals surface area contributed by atoms with E-state index >= 15 is 0 Å². The van der Waals surface area contributed by atoms with E-state index < -0.39 is 6.10 Å². The minimum absolute atomic E-state index is 0.154. The fraction of sp³-hybridized carbons (Fsp3) is 0.235. The third-order valence-corrected chi connectivity index (χ3v) is 3.80. The molecule has 2 aromatic carbocycles. The summed E-state index contributed by atoms with van der Waals surface area (Å²) < 4.78 is 7.01. The normalized spacial score (nSPS) is 14.0. The van der Waals surface area contributed by atoms with Crippen LogP contribution in [0.4, 0.5) is 0 Å². The molecule has 21 heavy (non-hydrogen) atoms. The van der Waals surface area contributed by atoms with Gasteiger partial charge in [-0.1, -0.05) is 30.3 Å². The number of hydrogen-bond acceptors (Lipinski definition) is 3. The average Bonchev–Trinajstić information content (AvgIpc) is 2.97. The molecule has 0 aliphatic rings. The number of fused-ring (bicyclic) bond motifs is 1. The molecule has 4 nitrogen and oxygen atoms in total. The van der Waals surface area contributed by atoms with Crippen molar-refractivity contribution in [1.29, 1.82) is 0 Å². The van der Waals surface area contributed by atoms with Gasteiger partial charge in [0.15, 0.2) is 0 Å². The number of aliphatic hydroxyl groups excluding tert-OH is 1. The highest BCUT2D eigenvalue weighted by molar-refractivity contribution is 5.78. The van der Waals surface area contributed by atoms with E-state index in [1.807, 2.05) is 66.3 Å². The van der Waals surface area contributed by atoms with Gasteiger partial charge in [0.25, 0.3) is 0 Å². The standard InChI is InChI=1S/C17H18N2O2/c1-12(17(20)13-7-9-15(21-2)10-8-13)19-16-6-4-3-5-14(16)11-18-19/h3-12,17,20H,1-2H3. The Morgan fingerprint density at radius 1 is 1.10 bits per heavy atom. The zero-order valence-electron chi connectivity index (χ0n) is 12.1. The van der Waals surface area contributed by atoms with Gasteiger partial charge >= 0.3 is 0 Å². The largest absolute Gasteiger partial charge is 0.497 e. The molecule has 0 bridgehead atoms. The number of rotatable bonds is 4. The topological polar surface area (TPSA) is 47.3 Å². The molecule has 1 aromatic heterocycles. The Kier molecular flexibility index (Phi) is 3.62. The Hall–Kier alpha value is -2.33. The van der Waals surface area contributed by atoms with Crippen LogP contribution in [0, 0.1) is 0 Å². The molecule has 0 radical (unpaired) electrons. The first-order valence-corrected chi connectivity index (χ1v) is 6.95. The lowest BCUT2D eigenvalue weighted by Gasteiger charge is -2.20. The summed E-state index contributed by atoms with van der Waals surface area (Å²) in [7, 11) is 1.63. The van der Waals surface area contributed by atoms with Crippen LogP contribution in [0.15, 0.2) is 54.7 Å². The van der Waals surface area contributed by atoms with E-state index in [1.54, 1.807) is 7.11 Å². The third kappa shape index (κ3) is 2.50. The Labute approximate surface area is 123 Å². The van der Waals surface area contributed by atoms with Crippen LogP contribution in [-0.2, 0) is 0 Å². The van der Waals surface area contributed by atoms with Gasteiger partial charge in [0.1, 0.15) is 11.9 Å². The van der Waals surface area contributed by atoms with Crippen molar-refractivity contribution < 1.29 is 9.84 Å². The van der Waals surface area contributed by atoms with E-state index in [0.717, 1.165) is 22.2 Å². The fourth-order valence-corrected chi connectivity index (χ4v) is 2.53. The summed E-state index contributed by atoms with van der Waals surface area (Å²) in [6.07, 6.45) is 1.20. The zero-order chi connectivity index (χ0) is 14.8. The summed E-state index contributed by atoms with van der Waals surface area (Å²) >= 11 is 0. The van der Waals surface area contributed by atoms with E-state index in [0.29, 0.717) is 0 Å². The van der Waals surface area contributed by atoms with Gasteiger partial charge in [0.05, 0.1) is 24.9 Å². The summed E-state index contributed by atoms with van der Waals surface area (Å²) in [5.74, 6) is 0.781. The SMILES string of the molecule is COc1ccc(C(O)C(C)n2ncc3ccccc32)cc1. The molecule has 3 rings (SSSR count). The molecule has 0 fully saturated rings. The minimum atomic E-state index is -0.626. The highest BCUT2D eigenvalue weighted by Crippen LogP contribution is 2.29. The molecule has 0 amide bonds. The second-order valence-corrected chi connectivity index (χ2v) is 5.11. The van der Waals surface area contributed by atoms with Gasteiger partial charge in [-0.05, 0) is 30.7 Å². The molecule has 1 N–H and O–H groups in total. The predicted octanol–water partition coefficient (Wildman–Crippen LogP) is 3.34. The van der Waals surface area contributed by atoms with Gasteiger partial charge in [0.2, 0.25) is 0 Å². The molecule has 2 atom stereocenters. The van der Waals surface area contributed by atoms with Crippen LogP contribution in [0.25, 0.3) is 10.9 Å². The van der Waals surface area contributed by atoms with Crippen LogP contribution in [0.5, 0.6) is 5.75 Å². The quantitative estimate of drug-likeness (QED) is 0.798. The third-order valence-electron chi connectivity index (χ3n) is 3.80.